The van der Waals surface area contributed by atoms with Crippen molar-refractivity contribution in [3.05, 3.63) is 48.2 Å². The molecule has 3 aromatic rings. The van der Waals surface area contributed by atoms with Gasteiger partial charge in [-0.15, -0.1) is 0 Å². The standard InChI is InChI=1S/C18H23N7/c1-14-12-20-5-3-16(14)21-6-9-24-10-7-22-18(24)17-11-15-13-19-4-2-8-25(15)23-17/h3,5,7,10-12,19H,2,4,6,8-9,13H2,1H3,(H,20,21). The van der Waals surface area contributed by atoms with Crippen LogP contribution in [0.25, 0.3) is 11.5 Å². The third kappa shape index (κ3) is 3.41. The number of anilines is 1. The summed E-state index contributed by atoms with van der Waals surface area (Å²) in [5, 5.41) is 11.7. The summed E-state index contributed by atoms with van der Waals surface area (Å²) in [5.41, 5.74) is 4.45. The van der Waals surface area contributed by atoms with Crippen molar-refractivity contribution in [2.24, 2.45) is 0 Å². The van der Waals surface area contributed by atoms with Crippen molar-refractivity contribution in [3.8, 4) is 11.5 Å². The molecule has 0 radical (unpaired) electrons. The van der Waals surface area contributed by atoms with E-state index in [0.717, 1.165) is 61.9 Å². The average Bonchev–Trinajstić information content (AvgIpc) is 3.18. The molecule has 0 bridgehead atoms. The van der Waals surface area contributed by atoms with Crippen LogP contribution in [-0.4, -0.2) is 37.4 Å². The number of nitrogens with one attached hydrogen (secondary N) is 2. The lowest BCUT2D eigenvalue weighted by Gasteiger charge is -2.10. The first kappa shape index (κ1) is 15.8. The number of hydrogen-bond acceptors (Lipinski definition) is 5. The van der Waals surface area contributed by atoms with E-state index < -0.39 is 0 Å². The molecule has 0 unspecified atom stereocenters. The molecule has 0 saturated heterocycles. The quantitative estimate of drug-likeness (QED) is 0.745. The van der Waals surface area contributed by atoms with Gasteiger partial charge in [0.05, 0.1) is 5.69 Å². The second-order valence-corrected chi connectivity index (χ2v) is 6.34. The number of fused-ring (bicyclic) bond motifs is 1. The molecule has 1 aliphatic rings. The van der Waals surface area contributed by atoms with E-state index in [1.807, 2.05) is 30.9 Å². The average molecular weight is 337 g/mol. The molecule has 3 aromatic heterocycles. The molecule has 2 N–H and O–H groups in total. The first-order chi connectivity index (χ1) is 12.3. The molecule has 4 rings (SSSR count). The Morgan fingerprint density at radius 3 is 3.20 bits per heavy atom. The van der Waals surface area contributed by atoms with Gasteiger partial charge >= 0.3 is 0 Å². The molecule has 7 nitrogen and oxygen atoms in total. The van der Waals surface area contributed by atoms with Crippen molar-refractivity contribution in [1.29, 1.82) is 0 Å². The molecule has 0 atom stereocenters. The van der Waals surface area contributed by atoms with Gasteiger partial charge in [-0.25, -0.2) is 4.98 Å². The van der Waals surface area contributed by atoms with Gasteiger partial charge in [0.1, 0.15) is 5.69 Å². The number of nitrogens with zero attached hydrogens (tertiary/aromatic N) is 5. The van der Waals surface area contributed by atoms with Crippen molar-refractivity contribution < 1.29 is 0 Å². The third-order valence-electron chi connectivity index (χ3n) is 4.53. The summed E-state index contributed by atoms with van der Waals surface area (Å²) < 4.78 is 4.26. The molecule has 1 aliphatic heterocycles. The van der Waals surface area contributed by atoms with E-state index in [2.05, 4.69) is 42.8 Å². The Morgan fingerprint density at radius 1 is 1.32 bits per heavy atom. The number of rotatable bonds is 5. The third-order valence-corrected chi connectivity index (χ3v) is 4.53. The largest absolute Gasteiger partial charge is 0.383 e. The summed E-state index contributed by atoms with van der Waals surface area (Å²) in [6.07, 6.45) is 8.65. The zero-order valence-electron chi connectivity index (χ0n) is 14.4. The van der Waals surface area contributed by atoms with Crippen molar-refractivity contribution in [2.75, 3.05) is 18.4 Å². The highest BCUT2D eigenvalue weighted by Crippen LogP contribution is 2.19. The summed E-state index contributed by atoms with van der Waals surface area (Å²) in [6, 6.07) is 4.15. The van der Waals surface area contributed by atoms with Gasteiger partial charge in [0.25, 0.3) is 0 Å². The van der Waals surface area contributed by atoms with E-state index in [4.69, 9.17) is 5.10 Å². The van der Waals surface area contributed by atoms with E-state index in [9.17, 15) is 0 Å². The molecule has 25 heavy (non-hydrogen) atoms. The minimum absolute atomic E-state index is 0.823. The normalized spacial score (nSPS) is 14.1. The van der Waals surface area contributed by atoms with E-state index in [1.165, 1.54) is 5.69 Å². The fourth-order valence-corrected chi connectivity index (χ4v) is 3.18. The van der Waals surface area contributed by atoms with Gasteiger partial charge in [0, 0.05) is 56.7 Å². The highest BCUT2D eigenvalue weighted by Gasteiger charge is 2.15. The molecule has 0 aliphatic carbocycles. The van der Waals surface area contributed by atoms with Crippen LogP contribution in [0.3, 0.4) is 0 Å². The van der Waals surface area contributed by atoms with Gasteiger partial charge in [-0.05, 0) is 37.6 Å². The number of aryl methyl sites for hydroxylation is 2. The highest BCUT2D eigenvalue weighted by atomic mass is 15.3. The second kappa shape index (κ2) is 7.06. The van der Waals surface area contributed by atoms with Crippen LogP contribution in [0.2, 0.25) is 0 Å². The molecule has 0 aromatic carbocycles. The van der Waals surface area contributed by atoms with Gasteiger partial charge in [0.2, 0.25) is 0 Å². The van der Waals surface area contributed by atoms with Crippen molar-refractivity contribution >= 4 is 5.69 Å². The van der Waals surface area contributed by atoms with Gasteiger partial charge in [-0.2, -0.15) is 5.10 Å². The molecule has 4 heterocycles. The summed E-state index contributed by atoms with van der Waals surface area (Å²) in [5.74, 6) is 0.925. The Hall–Kier alpha value is -2.67. The molecular weight excluding hydrogens is 314 g/mol. The maximum Gasteiger partial charge on any atom is 0.160 e. The molecule has 0 spiro atoms. The Labute approximate surface area is 147 Å². The van der Waals surface area contributed by atoms with E-state index in [0.29, 0.717) is 0 Å². The maximum absolute atomic E-state index is 4.76. The minimum atomic E-state index is 0.823. The zero-order chi connectivity index (χ0) is 17.1. The lowest BCUT2D eigenvalue weighted by Crippen LogP contribution is -2.12. The lowest BCUT2D eigenvalue weighted by molar-refractivity contribution is 0.587. The lowest BCUT2D eigenvalue weighted by atomic mass is 10.2. The Balaban J connectivity index is 1.47. The van der Waals surface area contributed by atoms with Gasteiger partial charge < -0.3 is 15.2 Å². The number of imidazole rings is 1. The van der Waals surface area contributed by atoms with Crippen LogP contribution < -0.4 is 10.6 Å². The number of aromatic nitrogens is 5. The van der Waals surface area contributed by atoms with Crippen molar-refractivity contribution in [3.63, 3.8) is 0 Å². The van der Waals surface area contributed by atoms with Crippen molar-refractivity contribution in [1.82, 2.24) is 29.6 Å². The fraction of sp³-hybridized carbons (Fsp3) is 0.389. The fourth-order valence-electron chi connectivity index (χ4n) is 3.18. The first-order valence-corrected chi connectivity index (χ1v) is 8.75. The monoisotopic (exact) mass is 337 g/mol. The molecular formula is C18H23N7. The van der Waals surface area contributed by atoms with Crippen molar-refractivity contribution in [2.45, 2.75) is 33.0 Å². The highest BCUT2D eigenvalue weighted by molar-refractivity contribution is 5.51. The van der Waals surface area contributed by atoms with Crippen LogP contribution >= 0.6 is 0 Å². The summed E-state index contributed by atoms with van der Waals surface area (Å²) in [6.45, 7) is 6.60. The molecule has 130 valence electrons. The number of hydrogen-bond donors (Lipinski definition) is 2. The molecule has 0 saturated carbocycles. The Morgan fingerprint density at radius 2 is 2.28 bits per heavy atom. The van der Waals surface area contributed by atoms with Crippen LogP contribution in [0, 0.1) is 6.92 Å². The van der Waals surface area contributed by atoms with E-state index in [-0.39, 0.29) is 0 Å². The molecule has 0 amide bonds. The smallest absolute Gasteiger partial charge is 0.160 e. The predicted octanol–water partition coefficient (Wildman–Crippen LogP) is 2.06. The Kier molecular flexibility index (Phi) is 4.47. The van der Waals surface area contributed by atoms with Gasteiger partial charge in [0.15, 0.2) is 5.82 Å². The summed E-state index contributed by atoms with van der Waals surface area (Å²) >= 11 is 0. The van der Waals surface area contributed by atoms with Gasteiger partial charge in [-0.3, -0.25) is 9.67 Å². The molecule has 0 fully saturated rings. The first-order valence-electron chi connectivity index (χ1n) is 8.75. The van der Waals surface area contributed by atoms with Gasteiger partial charge in [-0.1, -0.05) is 0 Å². The van der Waals surface area contributed by atoms with Crippen LogP contribution in [0.15, 0.2) is 36.9 Å². The van der Waals surface area contributed by atoms with E-state index in [1.54, 1.807) is 0 Å². The van der Waals surface area contributed by atoms with Crippen LogP contribution in [-0.2, 0) is 19.6 Å². The SMILES string of the molecule is Cc1cnccc1NCCn1ccnc1-c1cc2n(n1)CCCNC2. The van der Waals surface area contributed by atoms with Crippen LogP contribution in [0.5, 0.6) is 0 Å². The zero-order valence-corrected chi connectivity index (χ0v) is 14.4. The topological polar surface area (TPSA) is 72.6 Å². The minimum Gasteiger partial charge on any atom is -0.383 e. The van der Waals surface area contributed by atoms with E-state index >= 15 is 0 Å². The molecule has 7 heteroatoms. The summed E-state index contributed by atoms with van der Waals surface area (Å²) in [7, 11) is 0. The maximum atomic E-state index is 4.76. The summed E-state index contributed by atoms with van der Waals surface area (Å²) in [4.78, 5) is 8.65. The predicted molar refractivity (Wildman–Crippen MR) is 97.2 cm³/mol. The van der Waals surface area contributed by atoms with Crippen LogP contribution in [0.1, 0.15) is 17.7 Å². The second-order valence-electron chi connectivity index (χ2n) is 6.34. The number of pyridine rings is 1. The Bertz CT molecular complexity index is 825. The van der Waals surface area contributed by atoms with Crippen LogP contribution in [0.4, 0.5) is 5.69 Å².